The predicted molar refractivity (Wildman–Crippen MR) is 129 cm³/mol. The summed E-state index contributed by atoms with van der Waals surface area (Å²) in [5, 5.41) is 1.94. The lowest BCUT2D eigenvalue weighted by molar-refractivity contribution is -0.139. The van der Waals surface area contributed by atoms with Gasteiger partial charge < -0.3 is 14.2 Å². The molecule has 176 valence electrons. The van der Waals surface area contributed by atoms with Crippen LogP contribution >= 0.6 is 22.7 Å². The van der Waals surface area contributed by atoms with Crippen LogP contribution in [-0.4, -0.2) is 30.2 Å². The summed E-state index contributed by atoms with van der Waals surface area (Å²) in [7, 11) is 1.45. The van der Waals surface area contributed by atoms with Crippen molar-refractivity contribution < 1.29 is 23.8 Å². The van der Waals surface area contributed by atoms with Crippen molar-refractivity contribution in [2.45, 2.75) is 26.8 Å². The van der Waals surface area contributed by atoms with Gasteiger partial charge in [0.1, 0.15) is 0 Å². The Labute approximate surface area is 203 Å². The zero-order chi connectivity index (χ0) is 24.4. The summed E-state index contributed by atoms with van der Waals surface area (Å²) in [4.78, 5) is 44.0. The molecule has 0 aliphatic carbocycles. The average Bonchev–Trinajstić information content (AvgIpc) is 3.41. The molecule has 0 amide bonds. The summed E-state index contributed by atoms with van der Waals surface area (Å²) < 4.78 is 17.9. The monoisotopic (exact) mass is 498 g/mol. The van der Waals surface area contributed by atoms with Crippen molar-refractivity contribution >= 4 is 40.7 Å². The van der Waals surface area contributed by atoms with E-state index >= 15 is 0 Å². The first-order chi connectivity index (χ1) is 16.3. The Kier molecular flexibility index (Phi) is 6.80. The van der Waals surface area contributed by atoms with Gasteiger partial charge in [-0.25, -0.2) is 9.79 Å². The number of hydrogen-bond donors (Lipinski definition) is 0. The van der Waals surface area contributed by atoms with Gasteiger partial charge >= 0.3 is 11.9 Å². The Hall–Kier alpha value is -3.50. The molecular formula is C24H22N2O6S2. The van der Waals surface area contributed by atoms with Crippen LogP contribution in [-0.2, 0) is 14.3 Å². The minimum atomic E-state index is -0.791. The first-order valence-electron chi connectivity index (χ1n) is 10.4. The number of rotatable bonds is 6. The smallest absolute Gasteiger partial charge is 0.338 e. The highest BCUT2D eigenvalue weighted by Crippen LogP contribution is 2.36. The lowest BCUT2D eigenvalue weighted by atomic mass is 9.95. The van der Waals surface area contributed by atoms with Crippen LogP contribution < -0.4 is 24.4 Å². The average molecular weight is 499 g/mol. The van der Waals surface area contributed by atoms with Crippen LogP contribution in [0.2, 0.25) is 0 Å². The van der Waals surface area contributed by atoms with Crippen LogP contribution in [0.15, 0.2) is 56.8 Å². The summed E-state index contributed by atoms with van der Waals surface area (Å²) in [6, 6.07) is 7.97. The van der Waals surface area contributed by atoms with Gasteiger partial charge in [0.2, 0.25) is 0 Å². The lowest BCUT2D eigenvalue weighted by Gasteiger charge is -2.25. The molecule has 0 saturated carbocycles. The van der Waals surface area contributed by atoms with E-state index in [-0.39, 0.29) is 23.5 Å². The highest BCUT2D eigenvalue weighted by molar-refractivity contribution is 7.11. The molecule has 10 heteroatoms. The maximum Gasteiger partial charge on any atom is 0.338 e. The fraction of sp³-hybridized carbons (Fsp3) is 0.250. The van der Waals surface area contributed by atoms with Crippen molar-refractivity contribution in [3.05, 3.63) is 77.1 Å². The van der Waals surface area contributed by atoms with Crippen LogP contribution in [0.1, 0.15) is 37.3 Å². The van der Waals surface area contributed by atoms with Gasteiger partial charge in [-0.15, -0.1) is 11.3 Å². The largest absolute Gasteiger partial charge is 0.493 e. The number of carbonyl (C=O) groups is 2. The molecule has 0 unspecified atom stereocenters. The van der Waals surface area contributed by atoms with Crippen LogP contribution in [0.3, 0.4) is 0 Å². The van der Waals surface area contributed by atoms with E-state index in [9.17, 15) is 14.4 Å². The molecule has 0 N–H and O–H groups in total. The lowest BCUT2D eigenvalue weighted by Crippen LogP contribution is -2.39. The number of allylic oxidation sites excluding steroid dienone is 1. The molecule has 0 fully saturated rings. The minimum Gasteiger partial charge on any atom is -0.493 e. The third-order valence-electron chi connectivity index (χ3n) is 5.09. The molecule has 0 radical (unpaired) electrons. The molecule has 2 aromatic heterocycles. The van der Waals surface area contributed by atoms with Crippen LogP contribution in [0.4, 0.5) is 0 Å². The third kappa shape index (κ3) is 4.46. The second-order valence-electron chi connectivity index (χ2n) is 7.32. The SMILES string of the molecule is CCOC(=O)C1=C(C)N=c2s/c(=C/c3cccs3)c(=O)n2[C@H]1c1ccc(OC(C)=O)c(OC)c1. The highest BCUT2D eigenvalue weighted by Gasteiger charge is 2.34. The van der Waals surface area contributed by atoms with E-state index in [1.807, 2.05) is 23.6 Å². The maximum atomic E-state index is 13.5. The molecule has 34 heavy (non-hydrogen) atoms. The minimum absolute atomic E-state index is 0.180. The van der Waals surface area contributed by atoms with Crippen LogP contribution in [0.5, 0.6) is 11.5 Å². The Bertz CT molecular complexity index is 1460. The number of thiophene rings is 1. The van der Waals surface area contributed by atoms with Crippen LogP contribution in [0, 0.1) is 0 Å². The quantitative estimate of drug-likeness (QED) is 0.383. The van der Waals surface area contributed by atoms with E-state index in [0.717, 1.165) is 4.88 Å². The van der Waals surface area contributed by atoms with Gasteiger partial charge in [0.25, 0.3) is 5.56 Å². The Balaban J connectivity index is 1.95. The molecule has 1 aromatic carbocycles. The van der Waals surface area contributed by atoms with Crippen molar-refractivity contribution in [1.82, 2.24) is 4.57 Å². The van der Waals surface area contributed by atoms with E-state index in [1.165, 1.54) is 41.3 Å². The summed E-state index contributed by atoms with van der Waals surface area (Å²) in [6.07, 6.45) is 1.82. The topological polar surface area (TPSA) is 96.2 Å². The standard InChI is InChI=1S/C24H22N2O6S2/c1-5-31-23(29)20-13(2)25-24-26(22(28)19(34-24)12-16-7-6-10-33-16)21(20)15-8-9-17(32-14(3)27)18(11-15)30-4/h6-12,21H,5H2,1-4H3/b19-12+/t21-/m0/s1. The molecule has 1 aliphatic rings. The van der Waals surface area contributed by atoms with E-state index in [0.29, 0.717) is 26.3 Å². The summed E-state index contributed by atoms with van der Waals surface area (Å²) in [5.41, 5.74) is 1.06. The number of thiazole rings is 1. The fourth-order valence-electron chi connectivity index (χ4n) is 3.70. The molecule has 4 rings (SSSR count). The Morgan fingerprint density at radius 1 is 1.24 bits per heavy atom. The molecule has 3 aromatic rings. The van der Waals surface area contributed by atoms with Gasteiger partial charge in [0, 0.05) is 11.8 Å². The summed E-state index contributed by atoms with van der Waals surface area (Å²) in [5.74, 6) is -0.506. The molecule has 3 heterocycles. The molecule has 0 spiro atoms. The third-order valence-corrected chi connectivity index (χ3v) is 6.89. The first-order valence-corrected chi connectivity index (χ1v) is 12.1. The number of carbonyl (C=O) groups excluding carboxylic acids is 2. The summed E-state index contributed by atoms with van der Waals surface area (Å²) in [6.45, 7) is 4.92. The van der Waals surface area contributed by atoms with Crippen molar-refractivity contribution in [3.8, 4) is 11.5 Å². The number of fused-ring (bicyclic) bond motifs is 1. The van der Waals surface area contributed by atoms with Crippen molar-refractivity contribution in [2.24, 2.45) is 4.99 Å². The van der Waals surface area contributed by atoms with Gasteiger partial charge in [-0.1, -0.05) is 23.5 Å². The van der Waals surface area contributed by atoms with Crippen molar-refractivity contribution in [2.75, 3.05) is 13.7 Å². The zero-order valence-electron chi connectivity index (χ0n) is 19.0. The van der Waals surface area contributed by atoms with E-state index in [1.54, 1.807) is 32.0 Å². The Morgan fingerprint density at radius 3 is 2.68 bits per heavy atom. The zero-order valence-corrected chi connectivity index (χ0v) is 20.6. The van der Waals surface area contributed by atoms with Crippen LogP contribution in [0.25, 0.3) is 6.08 Å². The number of aromatic nitrogens is 1. The predicted octanol–water partition coefficient (Wildman–Crippen LogP) is 2.79. The second kappa shape index (κ2) is 9.78. The number of methoxy groups -OCH3 is 1. The van der Waals surface area contributed by atoms with Gasteiger partial charge in [-0.05, 0) is 49.1 Å². The number of hydrogen-bond acceptors (Lipinski definition) is 9. The summed E-state index contributed by atoms with van der Waals surface area (Å²) >= 11 is 2.78. The van der Waals surface area contributed by atoms with Gasteiger partial charge in [0.05, 0.1) is 35.6 Å². The number of esters is 2. The van der Waals surface area contributed by atoms with E-state index in [2.05, 4.69) is 4.99 Å². The van der Waals surface area contributed by atoms with Crippen molar-refractivity contribution in [3.63, 3.8) is 0 Å². The van der Waals surface area contributed by atoms with Gasteiger partial charge in [-0.2, -0.15) is 0 Å². The molecule has 0 saturated heterocycles. The van der Waals surface area contributed by atoms with Gasteiger partial charge in [-0.3, -0.25) is 14.2 Å². The normalized spacial score (nSPS) is 15.5. The second-order valence-corrected chi connectivity index (χ2v) is 9.31. The molecule has 1 aliphatic heterocycles. The van der Waals surface area contributed by atoms with E-state index in [4.69, 9.17) is 14.2 Å². The van der Waals surface area contributed by atoms with E-state index < -0.39 is 18.0 Å². The van der Waals surface area contributed by atoms with Crippen molar-refractivity contribution in [1.29, 1.82) is 0 Å². The molecule has 1 atom stereocenters. The number of ether oxygens (including phenoxy) is 3. The molecular weight excluding hydrogens is 476 g/mol. The van der Waals surface area contributed by atoms with Gasteiger partial charge in [0.15, 0.2) is 16.3 Å². The maximum absolute atomic E-state index is 13.5. The first kappa shape index (κ1) is 23.7. The highest BCUT2D eigenvalue weighted by atomic mass is 32.1. The number of nitrogens with zero attached hydrogens (tertiary/aromatic N) is 2. The number of benzene rings is 1. The molecule has 8 nitrogen and oxygen atoms in total. The Morgan fingerprint density at radius 2 is 2.03 bits per heavy atom. The fourth-order valence-corrected chi connectivity index (χ4v) is 5.47. The molecule has 0 bridgehead atoms.